The summed E-state index contributed by atoms with van der Waals surface area (Å²) in [7, 11) is 1.91. The van der Waals surface area contributed by atoms with Crippen LogP contribution in [0.15, 0.2) is 30.3 Å². The van der Waals surface area contributed by atoms with Crippen molar-refractivity contribution in [2.45, 2.75) is 31.7 Å². The van der Waals surface area contributed by atoms with Crippen molar-refractivity contribution >= 4 is 12.1 Å². The Morgan fingerprint density at radius 1 is 1.32 bits per heavy atom. The molecular formula is C16H21F3N2O4. The molecule has 1 aliphatic heterocycles. The summed E-state index contributed by atoms with van der Waals surface area (Å²) in [5, 5.41) is 10.2. The molecule has 2 rings (SSSR count). The van der Waals surface area contributed by atoms with Crippen molar-refractivity contribution in [2.24, 2.45) is 0 Å². The lowest BCUT2D eigenvalue weighted by molar-refractivity contribution is -0.192. The number of hydrogen-bond acceptors (Lipinski definition) is 4. The predicted octanol–water partition coefficient (Wildman–Crippen LogP) is 2.64. The van der Waals surface area contributed by atoms with Crippen molar-refractivity contribution in [3.05, 3.63) is 35.9 Å². The highest BCUT2D eigenvalue weighted by atomic mass is 19.4. The number of nitrogens with zero attached hydrogens (tertiary/aromatic N) is 1. The number of nitrogens with one attached hydrogen (secondary N) is 1. The van der Waals surface area contributed by atoms with Crippen LogP contribution >= 0.6 is 0 Å². The number of carbonyl (C=O) groups excluding carboxylic acids is 1. The van der Waals surface area contributed by atoms with Crippen LogP contribution in [0.3, 0.4) is 0 Å². The highest BCUT2D eigenvalue weighted by Gasteiger charge is 2.38. The number of likely N-dealkylation sites (tertiary alicyclic amines) is 1. The first-order valence-corrected chi connectivity index (χ1v) is 7.67. The van der Waals surface area contributed by atoms with Gasteiger partial charge in [0.2, 0.25) is 0 Å². The molecule has 9 heteroatoms. The van der Waals surface area contributed by atoms with Gasteiger partial charge in [0, 0.05) is 19.1 Å². The molecule has 0 aromatic heterocycles. The Hall–Kier alpha value is -2.29. The lowest BCUT2D eigenvalue weighted by atomic mass is 10.2. The van der Waals surface area contributed by atoms with E-state index in [-0.39, 0.29) is 12.1 Å². The maximum Gasteiger partial charge on any atom is 0.490 e. The van der Waals surface area contributed by atoms with E-state index in [2.05, 4.69) is 5.32 Å². The minimum absolute atomic E-state index is 0.198. The zero-order chi connectivity index (χ0) is 18.9. The molecule has 1 saturated heterocycles. The molecule has 1 amide bonds. The molecule has 0 saturated carbocycles. The summed E-state index contributed by atoms with van der Waals surface area (Å²) in [5.41, 5.74) is 1.02. The largest absolute Gasteiger partial charge is 0.490 e. The van der Waals surface area contributed by atoms with Crippen molar-refractivity contribution < 1.29 is 32.6 Å². The van der Waals surface area contributed by atoms with Crippen LogP contribution in [0.2, 0.25) is 0 Å². The third-order valence-electron chi connectivity index (χ3n) is 3.50. The zero-order valence-corrected chi connectivity index (χ0v) is 13.8. The molecule has 1 heterocycles. The molecule has 0 radical (unpaired) electrons. The van der Waals surface area contributed by atoms with E-state index in [1.165, 1.54) is 0 Å². The van der Waals surface area contributed by atoms with Gasteiger partial charge in [-0.1, -0.05) is 30.3 Å². The lowest BCUT2D eigenvalue weighted by Crippen LogP contribution is -2.41. The number of benzene rings is 1. The number of ether oxygens (including phenoxy) is 1. The molecule has 1 aliphatic rings. The van der Waals surface area contributed by atoms with E-state index in [1.807, 2.05) is 42.3 Å². The van der Waals surface area contributed by atoms with E-state index in [1.54, 1.807) is 0 Å². The first-order chi connectivity index (χ1) is 11.8. The first-order valence-electron chi connectivity index (χ1n) is 7.67. The number of alkyl halides is 3. The molecular weight excluding hydrogens is 341 g/mol. The van der Waals surface area contributed by atoms with Gasteiger partial charge >= 0.3 is 18.2 Å². The third kappa shape index (κ3) is 7.42. The smallest absolute Gasteiger partial charge is 0.475 e. The number of amides is 1. The summed E-state index contributed by atoms with van der Waals surface area (Å²) in [5.74, 6) is -2.76. The van der Waals surface area contributed by atoms with Gasteiger partial charge in [0.15, 0.2) is 0 Å². The molecule has 0 spiro atoms. The molecule has 25 heavy (non-hydrogen) atoms. The number of halogens is 3. The van der Waals surface area contributed by atoms with Crippen LogP contribution in [-0.4, -0.2) is 54.4 Å². The molecule has 2 N–H and O–H groups in total. The highest BCUT2D eigenvalue weighted by Crippen LogP contribution is 2.18. The summed E-state index contributed by atoms with van der Waals surface area (Å²) in [4.78, 5) is 22.7. The quantitative estimate of drug-likeness (QED) is 0.861. The third-order valence-corrected chi connectivity index (χ3v) is 3.50. The monoisotopic (exact) mass is 362 g/mol. The van der Waals surface area contributed by atoms with Crippen LogP contribution in [0.25, 0.3) is 0 Å². The molecule has 0 unspecified atom stereocenters. The molecule has 1 fully saturated rings. The van der Waals surface area contributed by atoms with Crippen molar-refractivity contribution in [2.75, 3.05) is 20.1 Å². The van der Waals surface area contributed by atoms with E-state index >= 15 is 0 Å². The van der Waals surface area contributed by atoms with Crippen molar-refractivity contribution in [1.82, 2.24) is 10.2 Å². The minimum Gasteiger partial charge on any atom is -0.475 e. The second-order valence-corrected chi connectivity index (χ2v) is 5.39. The van der Waals surface area contributed by atoms with Crippen LogP contribution in [0.5, 0.6) is 0 Å². The van der Waals surface area contributed by atoms with Crippen molar-refractivity contribution in [3.8, 4) is 0 Å². The summed E-state index contributed by atoms with van der Waals surface area (Å²) >= 11 is 0. The Labute approximate surface area is 143 Å². The fourth-order valence-corrected chi connectivity index (χ4v) is 2.33. The summed E-state index contributed by atoms with van der Waals surface area (Å²) in [6, 6.07) is 10.0. The van der Waals surface area contributed by atoms with E-state index in [9.17, 15) is 18.0 Å². The Morgan fingerprint density at radius 3 is 2.44 bits per heavy atom. The maximum atomic E-state index is 12.0. The average Bonchev–Trinajstić information content (AvgIpc) is 3.02. The summed E-state index contributed by atoms with van der Waals surface area (Å²) < 4.78 is 37.1. The van der Waals surface area contributed by atoms with Crippen LogP contribution in [0, 0.1) is 0 Å². The molecule has 140 valence electrons. The van der Waals surface area contributed by atoms with Crippen molar-refractivity contribution in [1.29, 1.82) is 0 Å². The van der Waals surface area contributed by atoms with Gasteiger partial charge < -0.3 is 20.1 Å². The van der Waals surface area contributed by atoms with Crippen molar-refractivity contribution in [3.63, 3.8) is 0 Å². The van der Waals surface area contributed by atoms with Crippen LogP contribution < -0.4 is 5.32 Å². The zero-order valence-electron chi connectivity index (χ0n) is 13.8. The first kappa shape index (κ1) is 20.8. The second-order valence-electron chi connectivity index (χ2n) is 5.39. The lowest BCUT2D eigenvalue weighted by Gasteiger charge is -2.23. The van der Waals surface area contributed by atoms with Crippen LogP contribution in [-0.2, 0) is 16.1 Å². The minimum atomic E-state index is -5.08. The van der Waals surface area contributed by atoms with Gasteiger partial charge in [-0.15, -0.1) is 0 Å². The van der Waals surface area contributed by atoms with Gasteiger partial charge in [-0.3, -0.25) is 0 Å². The number of aliphatic carboxylic acids is 1. The topological polar surface area (TPSA) is 78.9 Å². The number of hydrogen-bond donors (Lipinski definition) is 2. The second kappa shape index (κ2) is 9.87. The Morgan fingerprint density at radius 2 is 1.92 bits per heavy atom. The maximum absolute atomic E-state index is 12.0. The summed E-state index contributed by atoms with van der Waals surface area (Å²) in [6.45, 7) is 1.99. The fraction of sp³-hybridized carbons (Fsp3) is 0.500. The van der Waals surface area contributed by atoms with Gasteiger partial charge in [0.05, 0.1) is 0 Å². The average molecular weight is 362 g/mol. The van der Waals surface area contributed by atoms with E-state index in [0.29, 0.717) is 6.61 Å². The van der Waals surface area contributed by atoms with Gasteiger partial charge in [0.25, 0.3) is 0 Å². The van der Waals surface area contributed by atoms with E-state index in [4.69, 9.17) is 14.6 Å². The number of likely N-dealkylation sites (N-methyl/N-ethyl adjacent to an activating group) is 1. The van der Waals surface area contributed by atoms with Gasteiger partial charge in [-0.05, 0) is 25.5 Å². The molecule has 6 nitrogen and oxygen atoms in total. The summed E-state index contributed by atoms with van der Waals surface area (Å²) in [6.07, 6.45) is -3.16. The Balaban J connectivity index is 0.000000381. The number of carboxylic acids is 1. The van der Waals surface area contributed by atoms with E-state index < -0.39 is 12.1 Å². The molecule has 1 aromatic carbocycles. The number of carboxylic acid groups (broad SMARTS) is 1. The van der Waals surface area contributed by atoms with Gasteiger partial charge in [0.1, 0.15) is 6.61 Å². The molecule has 0 aliphatic carbocycles. The van der Waals surface area contributed by atoms with Gasteiger partial charge in [-0.2, -0.15) is 13.2 Å². The standard InChI is InChI=1S/C14H20N2O2.C2HF3O2/c1-15-10-13-8-5-9-16(13)14(17)18-11-12-6-3-2-4-7-12;3-2(4,5)1(6)7/h2-4,6-7,13,15H,5,8-11H2,1H3;(H,6,7)/t13-;/m0./s1. The number of rotatable bonds is 4. The van der Waals surface area contributed by atoms with E-state index in [0.717, 1.165) is 31.5 Å². The SMILES string of the molecule is CNC[C@@H]1CCCN1C(=O)OCc1ccccc1.O=C(O)C(F)(F)F. The normalized spacial score (nSPS) is 16.8. The fourth-order valence-electron chi connectivity index (χ4n) is 2.33. The van der Waals surface area contributed by atoms with Gasteiger partial charge in [-0.25, -0.2) is 9.59 Å². The Kier molecular flexibility index (Phi) is 8.20. The molecule has 1 atom stereocenters. The molecule has 1 aromatic rings. The molecule has 0 bridgehead atoms. The predicted molar refractivity (Wildman–Crippen MR) is 84.0 cm³/mol. The van der Waals surface area contributed by atoms with Crippen LogP contribution in [0.4, 0.5) is 18.0 Å². The Bertz CT molecular complexity index is 552. The van der Waals surface area contributed by atoms with Crippen LogP contribution in [0.1, 0.15) is 18.4 Å². The highest BCUT2D eigenvalue weighted by molar-refractivity contribution is 5.73. The number of carbonyl (C=O) groups is 2.